The van der Waals surface area contributed by atoms with E-state index in [0.717, 1.165) is 94.4 Å². The van der Waals surface area contributed by atoms with Gasteiger partial charge in [0.2, 0.25) is 0 Å². The summed E-state index contributed by atoms with van der Waals surface area (Å²) in [5.74, 6) is 1.68. The summed E-state index contributed by atoms with van der Waals surface area (Å²) in [6.45, 7) is 27.4. The number of imidazole rings is 1. The van der Waals surface area contributed by atoms with E-state index in [1.807, 2.05) is 18.3 Å². The Morgan fingerprint density at radius 2 is 1.26 bits per heavy atom. The van der Waals surface area contributed by atoms with Gasteiger partial charge in [-0.25, -0.2) is 9.97 Å². The summed E-state index contributed by atoms with van der Waals surface area (Å²) in [5, 5.41) is 6.96. The van der Waals surface area contributed by atoms with E-state index in [-0.39, 0.29) is 16.2 Å². The molecule has 0 aliphatic carbocycles. The average molecular weight is 902 g/mol. The van der Waals surface area contributed by atoms with Crippen LogP contribution in [-0.4, -0.2) is 24.1 Å². The Morgan fingerprint density at radius 3 is 2.00 bits per heavy atom. The molecule has 0 saturated heterocycles. The number of hydrogen-bond acceptors (Lipinski definition) is 3. The van der Waals surface area contributed by atoms with Crippen LogP contribution in [0.25, 0.3) is 111 Å². The SMILES string of the molecule is Cc1cc(-n2c(-c3ccc(C(C)(C)C)c4c3[nH]c3ccccc34)nc3c(-c4ccc5c6cc(C(C)(C)C)ccc6n(-c6nccc7c6oc6ccccc67)c5c4)cc(C(C)(C)C)cc32)cc(C)c1C. The van der Waals surface area contributed by atoms with Gasteiger partial charge in [-0.3, -0.25) is 9.13 Å². The summed E-state index contributed by atoms with van der Waals surface area (Å²) in [7, 11) is 0. The Kier molecular flexibility index (Phi) is 9.19. The van der Waals surface area contributed by atoms with Crippen molar-refractivity contribution < 1.29 is 4.42 Å². The number of nitrogens with one attached hydrogen (secondary N) is 1. The van der Waals surface area contributed by atoms with Crippen LogP contribution in [0.2, 0.25) is 0 Å². The molecule has 0 amide bonds. The molecule has 0 aliphatic rings. The standard InChI is InChI=1S/C63H59N5O/c1-35-29-41(30-36(2)37(35)3)67-53-34-40(62(7,8)9)33-47(56(53)66-59(67)46-24-25-49(63(10,11)12)55-45-18-13-15-19-50(45)65-57(46)55)38-21-23-42-48-32-39(61(4,5)6)22-26-51(48)68(52(42)31-38)60-58-44(27-28-64-60)43-17-14-16-20-54(43)69-58/h13-34,65H,1-12H3. The molecule has 5 aromatic heterocycles. The van der Waals surface area contributed by atoms with Crippen LogP contribution in [0.1, 0.15) is 95.7 Å². The van der Waals surface area contributed by atoms with Crippen molar-refractivity contribution in [1.82, 2.24) is 24.1 Å². The van der Waals surface area contributed by atoms with E-state index in [9.17, 15) is 0 Å². The second-order valence-corrected chi connectivity index (χ2v) is 22.6. The molecule has 0 bridgehead atoms. The number of pyridine rings is 1. The molecular weight excluding hydrogens is 843 g/mol. The molecule has 69 heavy (non-hydrogen) atoms. The maximum Gasteiger partial charge on any atom is 0.181 e. The summed E-state index contributed by atoms with van der Waals surface area (Å²) in [6.07, 6.45) is 1.92. The van der Waals surface area contributed by atoms with E-state index >= 15 is 0 Å². The molecule has 5 heterocycles. The highest BCUT2D eigenvalue weighted by atomic mass is 16.3. The topological polar surface area (TPSA) is 64.6 Å². The molecule has 1 N–H and O–H groups in total. The van der Waals surface area contributed by atoms with Crippen LogP contribution in [0.15, 0.2) is 138 Å². The molecule has 0 saturated carbocycles. The monoisotopic (exact) mass is 901 g/mol. The lowest BCUT2D eigenvalue weighted by molar-refractivity contribution is 0.591. The Balaban J connectivity index is 1.20. The zero-order chi connectivity index (χ0) is 48.1. The van der Waals surface area contributed by atoms with Crippen LogP contribution in [0.3, 0.4) is 0 Å². The first-order valence-corrected chi connectivity index (χ1v) is 24.4. The molecule has 0 spiro atoms. The van der Waals surface area contributed by atoms with Crippen molar-refractivity contribution in [3.63, 3.8) is 0 Å². The number of aromatic nitrogens is 5. The molecule has 0 atom stereocenters. The van der Waals surface area contributed by atoms with Crippen LogP contribution in [0, 0.1) is 20.8 Å². The van der Waals surface area contributed by atoms with Crippen molar-refractivity contribution >= 4 is 76.6 Å². The first kappa shape index (κ1) is 42.9. The zero-order valence-electron chi connectivity index (χ0n) is 41.9. The smallest absolute Gasteiger partial charge is 0.181 e. The van der Waals surface area contributed by atoms with Gasteiger partial charge in [0, 0.05) is 60.8 Å². The maximum absolute atomic E-state index is 6.71. The molecule has 0 fully saturated rings. The molecular formula is C63H59N5O. The van der Waals surface area contributed by atoms with Crippen molar-refractivity contribution in [2.45, 2.75) is 99.3 Å². The largest absolute Gasteiger partial charge is 0.452 e. The van der Waals surface area contributed by atoms with Crippen LogP contribution >= 0.6 is 0 Å². The van der Waals surface area contributed by atoms with Gasteiger partial charge in [0.05, 0.1) is 27.6 Å². The fourth-order valence-electron chi connectivity index (χ4n) is 10.9. The molecule has 12 rings (SSSR count). The van der Waals surface area contributed by atoms with Gasteiger partial charge in [0.25, 0.3) is 0 Å². The number of aromatic amines is 1. The van der Waals surface area contributed by atoms with Crippen molar-refractivity contribution in [1.29, 1.82) is 0 Å². The minimum Gasteiger partial charge on any atom is -0.452 e. The molecule has 12 aromatic rings. The van der Waals surface area contributed by atoms with E-state index in [1.165, 1.54) is 49.5 Å². The molecule has 6 heteroatoms. The van der Waals surface area contributed by atoms with Gasteiger partial charge < -0.3 is 9.40 Å². The fourth-order valence-corrected chi connectivity index (χ4v) is 10.9. The summed E-state index contributed by atoms with van der Waals surface area (Å²) in [5.41, 5.74) is 19.7. The highest BCUT2D eigenvalue weighted by Gasteiger charge is 2.29. The number of rotatable bonds is 4. The van der Waals surface area contributed by atoms with Crippen LogP contribution in [0.5, 0.6) is 0 Å². The summed E-state index contributed by atoms with van der Waals surface area (Å²) in [4.78, 5) is 14.9. The van der Waals surface area contributed by atoms with Crippen LogP contribution in [-0.2, 0) is 16.2 Å². The van der Waals surface area contributed by atoms with E-state index in [4.69, 9.17) is 14.4 Å². The van der Waals surface area contributed by atoms with Crippen molar-refractivity contribution in [3.8, 4) is 34.0 Å². The van der Waals surface area contributed by atoms with Gasteiger partial charge in [-0.05, 0) is 143 Å². The van der Waals surface area contributed by atoms with Crippen LogP contribution in [0.4, 0.5) is 0 Å². The third-order valence-corrected chi connectivity index (χ3v) is 14.9. The minimum absolute atomic E-state index is 0.0326. The Bertz CT molecular complexity index is 4090. The molecule has 0 unspecified atom stereocenters. The first-order valence-electron chi connectivity index (χ1n) is 24.4. The molecule has 7 aromatic carbocycles. The minimum atomic E-state index is -0.167. The third kappa shape index (κ3) is 6.59. The number of fused-ring (bicyclic) bond motifs is 10. The highest BCUT2D eigenvalue weighted by Crippen LogP contribution is 2.46. The van der Waals surface area contributed by atoms with Gasteiger partial charge in [-0.2, -0.15) is 0 Å². The highest BCUT2D eigenvalue weighted by molar-refractivity contribution is 6.15. The molecule has 342 valence electrons. The van der Waals surface area contributed by atoms with Crippen LogP contribution < -0.4 is 0 Å². The Hall–Kier alpha value is -7.44. The van der Waals surface area contributed by atoms with Crippen molar-refractivity contribution in [3.05, 3.63) is 167 Å². The van der Waals surface area contributed by atoms with Gasteiger partial charge >= 0.3 is 0 Å². The summed E-state index contributed by atoms with van der Waals surface area (Å²) >= 11 is 0. The fraction of sp³-hybridized carbons (Fsp3) is 0.238. The number of nitrogens with zero attached hydrogens (tertiary/aromatic N) is 4. The maximum atomic E-state index is 6.71. The lowest BCUT2D eigenvalue weighted by Crippen LogP contribution is -2.12. The second-order valence-electron chi connectivity index (χ2n) is 22.6. The molecule has 6 nitrogen and oxygen atoms in total. The van der Waals surface area contributed by atoms with E-state index < -0.39 is 0 Å². The zero-order valence-corrected chi connectivity index (χ0v) is 41.9. The lowest BCUT2D eigenvalue weighted by atomic mass is 9.83. The molecule has 0 radical (unpaired) electrons. The number of furan rings is 1. The Labute approximate surface area is 403 Å². The predicted molar refractivity (Wildman–Crippen MR) is 291 cm³/mol. The quantitative estimate of drug-likeness (QED) is 0.191. The van der Waals surface area contributed by atoms with E-state index in [0.29, 0.717) is 0 Å². The number of para-hydroxylation sites is 2. The molecule has 0 aliphatic heterocycles. The number of H-pyrrole nitrogens is 1. The van der Waals surface area contributed by atoms with Gasteiger partial charge in [0.15, 0.2) is 11.4 Å². The Morgan fingerprint density at radius 1 is 0.536 bits per heavy atom. The number of benzene rings is 7. The summed E-state index contributed by atoms with van der Waals surface area (Å²) < 4.78 is 11.5. The summed E-state index contributed by atoms with van der Waals surface area (Å²) in [6, 6.07) is 47.1. The normalized spacial score (nSPS) is 12.9. The third-order valence-electron chi connectivity index (χ3n) is 14.9. The van der Waals surface area contributed by atoms with Gasteiger partial charge in [-0.15, -0.1) is 0 Å². The average Bonchev–Trinajstić information content (AvgIpc) is 4.08. The van der Waals surface area contributed by atoms with Gasteiger partial charge in [-0.1, -0.05) is 123 Å². The van der Waals surface area contributed by atoms with Crippen molar-refractivity contribution in [2.24, 2.45) is 0 Å². The first-order chi connectivity index (χ1) is 32.8. The van der Waals surface area contributed by atoms with E-state index in [1.54, 1.807) is 0 Å². The second kappa shape index (κ2) is 14.8. The van der Waals surface area contributed by atoms with Gasteiger partial charge in [0.1, 0.15) is 11.4 Å². The number of hydrogen-bond donors (Lipinski definition) is 1. The lowest BCUT2D eigenvalue weighted by Gasteiger charge is -2.22. The predicted octanol–water partition coefficient (Wildman–Crippen LogP) is 17.2. The number of aryl methyl sites for hydroxylation is 2. The van der Waals surface area contributed by atoms with E-state index in [2.05, 4.69) is 212 Å². The van der Waals surface area contributed by atoms with Crippen molar-refractivity contribution in [2.75, 3.05) is 0 Å².